The first-order valence-corrected chi connectivity index (χ1v) is 8.55. The van der Waals surface area contributed by atoms with Gasteiger partial charge in [0.25, 0.3) is 10.0 Å². The third-order valence-corrected chi connectivity index (χ3v) is 5.40. The molecule has 112 valence electrons. The lowest BCUT2D eigenvalue weighted by atomic mass is 10.2. The van der Waals surface area contributed by atoms with Crippen LogP contribution >= 0.6 is 15.9 Å². The Morgan fingerprint density at radius 1 is 1.10 bits per heavy atom. The highest BCUT2D eigenvalue weighted by Crippen LogP contribution is 2.27. The monoisotopic (exact) mass is 369 g/mol. The Labute approximate surface area is 133 Å². The van der Waals surface area contributed by atoms with Crippen molar-refractivity contribution in [2.75, 3.05) is 11.8 Å². The third kappa shape index (κ3) is 3.57. The van der Waals surface area contributed by atoms with E-state index in [1.165, 1.54) is 0 Å². The van der Waals surface area contributed by atoms with Crippen LogP contribution in [0, 0.1) is 13.8 Å². The highest BCUT2D eigenvalue weighted by Gasteiger charge is 2.18. The first kappa shape index (κ1) is 15.9. The van der Waals surface area contributed by atoms with Crippen LogP contribution in [0.4, 0.5) is 5.69 Å². The molecule has 0 heterocycles. The summed E-state index contributed by atoms with van der Waals surface area (Å²) in [4.78, 5) is 0.211. The third-order valence-electron chi connectivity index (χ3n) is 3.05. The number of rotatable bonds is 4. The Kier molecular flexibility index (Phi) is 4.58. The summed E-state index contributed by atoms with van der Waals surface area (Å²) in [5.74, 6) is 0.687. The van der Waals surface area contributed by atoms with Crippen LogP contribution in [0.1, 0.15) is 11.1 Å². The summed E-state index contributed by atoms with van der Waals surface area (Å²) in [6.07, 6.45) is 0. The maximum Gasteiger partial charge on any atom is 0.263 e. The van der Waals surface area contributed by atoms with Gasteiger partial charge < -0.3 is 4.74 Å². The van der Waals surface area contributed by atoms with Gasteiger partial charge in [-0.1, -0.05) is 6.07 Å². The fourth-order valence-electron chi connectivity index (χ4n) is 1.90. The van der Waals surface area contributed by atoms with Crippen LogP contribution in [0.2, 0.25) is 0 Å². The van der Waals surface area contributed by atoms with Gasteiger partial charge in [0.1, 0.15) is 10.6 Å². The van der Waals surface area contributed by atoms with Crippen molar-refractivity contribution in [3.05, 3.63) is 52.0 Å². The molecule has 0 aromatic heterocycles. The van der Waals surface area contributed by atoms with Crippen molar-refractivity contribution in [1.29, 1.82) is 0 Å². The molecule has 0 bridgehead atoms. The standard InChI is InChI=1S/C15H16BrNO3S/c1-10-4-7-15(13(16)8-10)21(18,19)17-14-6-5-12(20-3)9-11(14)2/h4-9,17H,1-3H3. The molecule has 0 saturated carbocycles. The van der Waals surface area contributed by atoms with E-state index in [2.05, 4.69) is 20.7 Å². The Morgan fingerprint density at radius 3 is 2.38 bits per heavy atom. The first-order chi connectivity index (χ1) is 9.83. The molecule has 0 aliphatic heterocycles. The van der Waals surface area contributed by atoms with Crippen LogP contribution in [0.25, 0.3) is 0 Å². The molecule has 0 amide bonds. The fraction of sp³-hybridized carbons (Fsp3) is 0.200. The van der Waals surface area contributed by atoms with Gasteiger partial charge in [-0.2, -0.15) is 0 Å². The minimum absolute atomic E-state index is 0.211. The predicted molar refractivity (Wildman–Crippen MR) is 87.4 cm³/mol. The molecule has 0 unspecified atom stereocenters. The van der Waals surface area contributed by atoms with Crippen molar-refractivity contribution in [2.24, 2.45) is 0 Å². The lowest BCUT2D eigenvalue weighted by Crippen LogP contribution is -2.14. The molecule has 0 radical (unpaired) electrons. The van der Waals surface area contributed by atoms with E-state index in [0.717, 1.165) is 11.1 Å². The van der Waals surface area contributed by atoms with Gasteiger partial charge in [0.15, 0.2) is 0 Å². The normalized spacial score (nSPS) is 11.2. The summed E-state index contributed by atoms with van der Waals surface area (Å²) in [7, 11) is -2.07. The van der Waals surface area contributed by atoms with E-state index in [1.54, 1.807) is 43.5 Å². The molecular weight excluding hydrogens is 354 g/mol. The number of hydrogen-bond donors (Lipinski definition) is 1. The van der Waals surface area contributed by atoms with Gasteiger partial charge in [0.2, 0.25) is 0 Å². The van der Waals surface area contributed by atoms with E-state index in [1.807, 2.05) is 13.8 Å². The molecule has 0 aliphatic rings. The number of anilines is 1. The summed E-state index contributed by atoms with van der Waals surface area (Å²) in [6, 6.07) is 10.3. The van der Waals surface area contributed by atoms with E-state index in [4.69, 9.17) is 4.74 Å². The fourth-order valence-corrected chi connectivity index (χ4v) is 4.23. The molecule has 2 rings (SSSR count). The van der Waals surface area contributed by atoms with Crippen molar-refractivity contribution in [3.63, 3.8) is 0 Å². The molecule has 0 spiro atoms. The number of hydrogen-bond acceptors (Lipinski definition) is 3. The van der Waals surface area contributed by atoms with Gasteiger partial charge in [0, 0.05) is 4.47 Å². The van der Waals surface area contributed by atoms with E-state index < -0.39 is 10.0 Å². The van der Waals surface area contributed by atoms with Gasteiger partial charge in [-0.25, -0.2) is 8.42 Å². The highest BCUT2D eigenvalue weighted by atomic mass is 79.9. The maximum atomic E-state index is 12.5. The van der Waals surface area contributed by atoms with Crippen molar-refractivity contribution in [2.45, 2.75) is 18.7 Å². The number of ether oxygens (including phenoxy) is 1. The van der Waals surface area contributed by atoms with Crippen LogP contribution in [-0.4, -0.2) is 15.5 Å². The SMILES string of the molecule is COc1ccc(NS(=O)(=O)c2ccc(C)cc2Br)c(C)c1. The summed E-state index contributed by atoms with van der Waals surface area (Å²) < 4.78 is 33.2. The van der Waals surface area contributed by atoms with E-state index >= 15 is 0 Å². The number of aryl methyl sites for hydroxylation is 2. The lowest BCUT2D eigenvalue weighted by molar-refractivity contribution is 0.414. The van der Waals surface area contributed by atoms with Crippen LogP contribution in [0.15, 0.2) is 45.8 Å². The van der Waals surface area contributed by atoms with Crippen LogP contribution in [-0.2, 0) is 10.0 Å². The maximum absolute atomic E-state index is 12.5. The molecule has 21 heavy (non-hydrogen) atoms. The summed E-state index contributed by atoms with van der Waals surface area (Å²) >= 11 is 3.30. The predicted octanol–water partition coefficient (Wildman–Crippen LogP) is 3.88. The molecule has 0 atom stereocenters. The lowest BCUT2D eigenvalue weighted by Gasteiger charge is -2.13. The average molecular weight is 370 g/mol. The second-order valence-electron chi connectivity index (χ2n) is 4.72. The Balaban J connectivity index is 2.37. The van der Waals surface area contributed by atoms with Gasteiger partial charge in [-0.05, 0) is 71.2 Å². The quantitative estimate of drug-likeness (QED) is 0.889. The van der Waals surface area contributed by atoms with Crippen molar-refractivity contribution in [3.8, 4) is 5.75 Å². The Bertz CT molecular complexity index is 772. The zero-order chi connectivity index (χ0) is 15.6. The zero-order valence-corrected chi connectivity index (χ0v) is 14.4. The van der Waals surface area contributed by atoms with Crippen molar-refractivity contribution < 1.29 is 13.2 Å². The van der Waals surface area contributed by atoms with E-state index in [0.29, 0.717) is 15.9 Å². The van der Waals surface area contributed by atoms with Crippen LogP contribution in [0.5, 0.6) is 5.75 Å². The van der Waals surface area contributed by atoms with Gasteiger partial charge in [-0.3, -0.25) is 4.72 Å². The summed E-state index contributed by atoms with van der Waals surface area (Å²) in [5.41, 5.74) is 2.31. The highest BCUT2D eigenvalue weighted by molar-refractivity contribution is 9.10. The molecule has 1 N–H and O–H groups in total. The Hall–Kier alpha value is -1.53. The van der Waals surface area contributed by atoms with Crippen molar-refractivity contribution in [1.82, 2.24) is 0 Å². The topological polar surface area (TPSA) is 55.4 Å². The number of nitrogens with one attached hydrogen (secondary N) is 1. The second kappa shape index (κ2) is 6.07. The number of methoxy groups -OCH3 is 1. The number of benzene rings is 2. The molecule has 0 saturated heterocycles. The number of sulfonamides is 1. The molecular formula is C15H16BrNO3S. The minimum Gasteiger partial charge on any atom is -0.497 e. The minimum atomic E-state index is -3.64. The summed E-state index contributed by atoms with van der Waals surface area (Å²) in [6.45, 7) is 3.73. The van der Waals surface area contributed by atoms with Crippen molar-refractivity contribution >= 4 is 31.6 Å². The van der Waals surface area contributed by atoms with Gasteiger partial charge in [-0.15, -0.1) is 0 Å². The van der Waals surface area contributed by atoms with Crippen LogP contribution in [0.3, 0.4) is 0 Å². The smallest absolute Gasteiger partial charge is 0.263 e. The van der Waals surface area contributed by atoms with Gasteiger partial charge in [0.05, 0.1) is 12.8 Å². The molecule has 2 aromatic carbocycles. The summed E-state index contributed by atoms with van der Waals surface area (Å²) in [5, 5.41) is 0. The average Bonchev–Trinajstić information content (AvgIpc) is 2.40. The van der Waals surface area contributed by atoms with Crippen LogP contribution < -0.4 is 9.46 Å². The molecule has 2 aromatic rings. The molecule has 0 aliphatic carbocycles. The molecule has 4 nitrogen and oxygen atoms in total. The molecule has 6 heteroatoms. The first-order valence-electron chi connectivity index (χ1n) is 6.27. The largest absolute Gasteiger partial charge is 0.497 e. The molecule has 0 fully saturated rings. The van der Waals surface area contributed by atoms with Gasteiger partial charge >= 0.3 is 0 Å². The van der Waals surface area contributed by atoms with E-state index in [-0.39, 0.29) is 4.90 Å². The Morgan fingerprint density at radius 2 is 1.81 bits per heavy atom. The second-order valence-corrected chi connectivity index (χ2v) is 7.23. The zero-order valence-electron chi connectivity index (χ0n) is 12.0. The van der Waals surface area contributed by atoms with E-state index in [9.17, 15) is 8.42 Å². The number of halogens is 1.